The Bertz CT molecular complexity index is 1310. The minimum atomic E-state index is -1.12. The number of nitrogens with one attached hydrogen (secondary N) is 1. The van der Waals surface area contributed by atoms with Gasteiger partial charge in [-0.15, -0.1) is 0 Å². The number of hydrogen-bond donors (Lipinski definition) is 2. The van der Waals surface area contributed by atoms with Gasteiger partial charge < -0.3 is 24.2 Å². The fourth-order valence-electron chi connectivity index (χ4n) is 5.62. The first-order valence-electron chi connectivity index (χ1n) is 15.2. The number of carbonyl (C=O) groups excluding carboxylic acids is 3. The molecule has 0 bridgehead atoms. The highest BCUT2D eigenvalue weighted by atomic mass is 16.6. The van der Waals surface area contributed by atoms with Crippen LogP contribution >= 0.6 is 0 Å². The van der Waals surface area contributed by atoms with Crippen LogP contribution in [0.4, 0.5) is 10.5 Å². The number of anilines is 1. The average Bonchev–Trinajstić information content (AvgIpc) is 3.16. The molecule has 0 spiro atoms. The van der Waals surface area contributed by atoms with Crippen LogP contribution in [0.15, 0.2) is 60.2 Å². The van der Waals surface area contributed by atoms with Gasteiger partial charge in [0, 0.05) is 25.3 Å². The van der Waals surface area contributed by atoms with Crippen LogP contribution in [0.1, 0.15) is 51.0 Å². The van der Waals surface area contributed by atoms with Gasteiger partial charge in [0.25, 0.3) is 0 Å². The third-order valence-electron chi connectivity index (χ3n) is 7.92. The van der Waals surface area contributed by atoms with Crippen molar-refractivity contribution in [3.63, 3.8) is 0 Å². The van der Waals surface area contributed by atoms with E-state index in [9.17, 15) is 24.3 Å². The smallest absolute Gasteiger partial charge is 0.410 e. The number of ether oxygens (including phenoxy) is 3. The monoisotopic (exact) mass is 607 g/mol. The maximum atomic E-state index is 13.4. The first kappa shape index (κ1) is 32.7. The molecule has 2 atom stereocenters. The number of carboxylic acid groups (broad SMARTS) is 1. The summed E-state index contributed by atoms with van der Waals surface area (Å²) in [7, 11) is 0. The summed E-state index contributed by atoms with van der Waals surface area (Å²) in [4.78, 5) is 52.1. The maximum absolute atomic E-state index is 13.4. The number of allylic oxidation sites excluding steroid dienone is 1. The quantitative estimate of drug-likeness (QED) is 0.184. The van der Waals surface area contributed by atoms with E-state index in [4.69, 9.17) is 14.2 Å². The first-order valence-corrected chi connectivity index (χ1v) is 15.2. The number of para-hydroxylation sites is 2. The molecule has 1 saturated heterocycles. The molecule has 44 heavy (non-hydrogen) atoms. The number of unbranched alkanes of at least 4 members (excludes halogenated alkanes) is 1. The van der Waals surface area contributed by atoms with Crippen LogP contribution in [-0.4, -0.2) is 79.0 Å². The van der Waals surface area contributed by atoms with Crippen molar-refractivity contribution in [3.05, 3.63) is 65.7 Å². The number of aliphatic carboxylic acids is 1. The molecule has 0 aliphatic carbocycles. The molecular weight excluding hydrogens is 566 g/mol. The lowest BCUT2D eigenvalue weighted by atomic mass is 9.87. The number of hydrogen-bond acceptors (Lipinski definition) is 8. The van der Waals surface area contributed by atoms with Crippen LogP contribution < -0.4 is 15.0 Å². The number of piperidine rings is 1. The van der Waals surface area contributed by atoms with Gasteiger partial charge in [-0.3, -0.25) is 19.8 Å². The average molecular weight is 608 g/mol. The molecule has 0 aromatic heterocycles. The van der Waals surface area contributed by atoms with Crippen LogP contribution in [0.5, 0.6) is 5.75 Å². The number of nitrogens with zero attached hydrogens (tertiary/aromatic N) is 2. The van der Waals surface area contributed by atoms with E-state index in [-0.39, 0.29) is 25.2 Å². The molecule has 1 fully saturated rings. The zero-order valence-electron chi connectivity index (χ0n) is 25.1. The molecule has 236 valence electrons. The van der Waals surface area contributed by atoms with Crippen molar-refractivity contribution in [2.75, 3.05) is 37.7 Å². The van der Waals surface area contributed by atoms with Gasteiger partial charge in [-0.25, -0.2) is 9.59 Å². The second-order valence-corrected chi connectivity index (χ2v) is 10.9. The van der Waals surface area contributed by atoms with E-state index in [2.05, 4.69) is 11.3 Å². The van der Waals surface area contributed by atoms with Crippen LogP contribution in [0.2, 0.25) is 0 Å². The summed E-state index contributed by atoms with van der Waals surface area (Å²) in [5.41, 5.74) is 2.08. The topological polar surface area (TPSA) is 135 Å². The number of fused-ring (bicyclic) bond motifs is 1. The van der Waals surface area contributed by atoms with Crippen molar-refractivity contribution >= 4 is 29.6 Å². The van der Waals surface area contributed by atoms with Gasteiger partial charge >= 0.3 is 12.1 Å². The second-order valence-electron chi connectivity index (χ2n) is 10.9. The van der Waals surface area contributed by atoms with Crippen molar-refractivity contribution < 1.29 is 38.5 Å². The van der Waals surface area contributed by atoms with E-state index in [0.717, 1.165) is 24.0 Å². The summed E-state index contributed by atoms with van der Waals surface area (Å²) < 4.78 is 17.2. The third-order valence-corrected chi connectivity index (χ3v) is 7.92. The van der Waals surface area contributed by atoms with E-state index in [0.29, 0.717) is 56.8 Å². The second kappa shape index (κ2) is 16.6. The Balaban J connectivity index is 1.23. The Kier molecular flexibility index (Phi) is 12.4. The number of carbonyl (C=O) groups is 3. The van der Waals surface area contributed by atoms with Gasteiger partial charge in [0.2, 0.25) is 5.91 Å². The molecule has 0 radical (unpaired) electrons. The zero-order chi connectivity index (χ0) is 31.3. The zero-order valence-corrected chi connectivity index (χ0v) is 25.1. The number of likely N-dealkylation sites (tertiary alicyclic amines) is 1. The molecule has 0 saturated carbocycles. The number of amides is 2. The minimum Gasteiger partial charge on any atom is -0.489 e. The summed E-state index contributed by atoms with van der Waals surface area (Å²) in [6.45, 7) is 3.12. The lowest BCUT2D eigenvalue weighted by molar-refractivity contribution is -0.137. The fourth-order valence-corrected chi connectivity index (χ4v) is 5.62. The van der Waals surface area contributed by atoms with Crippen LogP contribution in [-0.2, 0) is 30.5 Å². The Hall–Kier alpha value is -4.18. The summed E-state index contributed by atoms with van der Waals surface area (Å²) >= 11 is 0. The first-order chi connectivity index (χ1) is 21.4. The molecule has 4 rings (SSSR count). The van der Waals surface area contributed by atoms with E-state index in [1.54, 1.807) is 29.2 Å². The van der Waals surface area contributed by atoms with Crippen molar-refractivity contribution in [3.8, 4) is 5.75 Å². The lowest BCUT2D eigenvalue weighted by Crippen LogP contribution is -2.53. The van der Waals surface area contributed by atoms with Crippen molar-refractivity contribution in [2.45, 2.75) is 64.3 Å². The van der Waals surface area contributed by atoms with Crippen molar-refractivity contribution in [1.82, 2.24) is 10.2 Å². The van der Waals surface area contributed by atoms with Crippen LogP contribution in [0.25, 0.3) is 0 Å². The molecule has 2 heterocycles. The Morgan fingerprint density at radius 1 is 1.09 bits per heavy atom. The molecule has 2 aliphatic heterocycles. The minimum absolute atomic E-state index is 0.0338. The van der Waals surface area contributed by atoms with E-state index >= 15 is 0 Å². The predicted molar refractivity (Wildman–Crippen MR) is 163 cm³/mol. The summed E-state index contributed by atoms with van der Waals surface area (Å²) in [5.74, 6) is 1.16. The summed E-state index contributed by atoms with van der Waals surface area (Å²) in [6, 6.07) is 15.6. The van der Waals surface area contributed by atoms with Gasteiger partial charge in [0.05, 0.1) is 5.69 Å². The molecular formula is C33H41N3O8. The Morgan fingerprint density at radius 3 is 2.52 bits per heavy atom. The molecule has 2 aromatic carbocycles. The van der Waals surface area contributed by atoms with Crippen molar-refractivity contribution in [2.24, 2.45) is 5.92 Å². The lowest BCUT2D eigenvalue weighted by Gasteiger charge is -2.31. The maximum Gasteiger partial charge on any atom is 0.410 e. The highest BCUT2D eigenvalue weighted by molar-refractivity contribution is 6.02. The number of carboxylic acids is 1. The largest absolute Gasteiger partial charge is 0.489 e. The van der Waals surface area contributed by atoms with Gasteiger partial charge in [-0.2, -0.15) is 0 Å². The fraction of sp³-hybridized carbons (Fsp3) is 0.485. The Morgan fingerprint density at radius 2 is 1.82 bits per heavy atom. The van der Waals surface area contributed by atoms with E-state index in [1.165, 1.54) is 4.90 Å². The summed E-state index contributed by atoms with van der Waals surface area (Å²) in [6.07, 6.45) is 3.22. The molecule has 2 N–H and O–H groups in total. The highest BCUT2D eigenvalue weighted by Crippen LogP contribution is 2.31. The number of rotatable bonds is 14. The Labute approximate surface area is 257 Å². The van der Waals surface area contributed by atoms with Crippen LogP contribution in [0, 0.1) is 5.92 Å². The van der Waals surface area contributed by atoms with Crippen LogP contribution in [0.3, 0.4) is 0 Å². The standard InChI is InChI=1S/C33H41N3O8/c1-2-42-30(34-27-23-43-29-14-8-7-13-28(29)36(32(27)40)20-31(38)39)15-9-6-12-26(21-37)25-16-18-35(19-17-25)33(41)44-22-24-10-4-3-5-11-24/h3-5,7-8,10-11,13-14,25,27,30,34H,2,6,9,12,15-20,22-23H2,1H3,(H,38,39)/t27-,30-/m0/s1. The molecule has 0 unspecified atom stereocenters. The SMILES string of the molecule is CCO[C@@H](CCCCC(=C=O)C1CCN(C(=O)OCc2ccccc2)CC1)N[C@H]1COc2ccccc2N(CC(=O)O)C1=O. The van der Waals surface area contributed by atoms with Crippen molar-refractivity contribution in [1.29, 1.82) is 0 Å². The van der Waals surface area contributed by atoms with Gasteiger partial charge in [-0.05, 0) is 69.1 Å². The number of benzene rings is 2. The van der Waals surface area contributed by atoms with Gasteiger partial charge in [0.1, 0.15) is 43.7 Å². The normalized spacial score (nSPS) is 17.6. The van der Waals surface area contributed by atoms with E-state index in [1.807, 2.05) is 37.3 Å². The molecule has 11 heteroatoms. The molecule has 2 aromatic rings. The molecule has 2 aliphatic rings. The van der Waals surface area contributed by atoms with Gasteiger partial charge in [-0.1, -0.05) is 42.5 Å². The predicted octanol–water partition coefficient (Wildman–Crippen LogP) is 4.18. The molecule has 2 amide bonds. The summed E-state index contributed by atoms with van der Waals surface area (Å²) in [5, 5.41) is 12.6. The molecule has 11 nitrogen and oxygen atoms in total. The third kappa shape index (κ3) is 9.16. The van der Waals surface area contributed by atoms with Gasteiger partial charge in [0.15, 0.2) is 0 Å². The van der Waals surface area contributed by atoms with E-state index < -0.39 is 30.7 Å². The highest BCUT2D eigenvalue weighted by Gasteiger charge is 2.34.